The van der Waals surface area contributed by atoms with Crippen LogP contribution in [0.5, 0.6) is 0 Å². The van der Waals surface area contributed by atoms with E-state index < -0.39 is 0 Å². The molecule has 0 unspecified atom stereocenters. The molecule has 2 aliphatic rings. The summed E-state index contributed by atoms with van der Waals surface area (Å²) in [6, 6.07) is 7.91. The molecule has 0 atom stereocenters. The number of nitrogens with one attached hydrogen (secondary N) is 1. The van der Waals surface area contributed by atoms with Gasteiger partial charge >= 0.3 is 0 Å². The van der Waals surface area contributed by atoms with Crippen LogP contribution in [-0.4, -0.2) is 54.7 Å². The lowest BCUT2D eigenvalue weighted by molar-refractivity contribution is -0.121. The van der Waals surface area contributed by atoms with Gasteiger partial charge in [-0.3, -0.25) is 14.7 Å². The first-order chi connectivity index (χ1) is 14.2. The Morgan fingerprint density at radius 2 is 2.00 bits per heavy atom. The predicted octanol–water partition coefficient (Wildman–Crippen LogP) is 3.24. The van der Waals surface area contributed by atoms with Crippen molar-refractivity contribution in [3.63, 3.8) is 0 Å². The minimum Gasteiger partial charge on any atom is -0.368 e. The number of rotatable bonds is 6. The van der Waals surface area contributed by atoms with Gasteiger partial charge < -0.3 is 4.90 Å². The Morgan fingerprint density at radius 1 is 1.21 bits per heavy atom. The van der Waals surface area contributed by atoms with Crippen molar-refractivity contribution in [2.75, 3.05) is 37.6 Å². The van der Waals surface area contributed by atoms with Gasteiger partial charge in [-0.15, -0.1) is 0 Å². The number of hydrogen-bond acceptors (Lipinski definition) is 5. The van der Waals surface area contributed by atoms with E-state index in [2.05, 4.69) is 31.4 Å². The maximum atomic E-state index is 12.0. The Labute approximate surface area is 175 Å². The van der Waals surface area contributed by atoms with E-state index in [0.29, 0.717) is 11.4 Å². The fourth-order valence-corrected chi connectivity index (χ4v) is 3.82. The summed E-state index contributed by atoms with van der Waals surface area (Å²) in [5, 5.41) is 5.85. The SMILES string of the molecule is O=C(CCN1CCN(c2ccnc3cc(Cl)ccc23)CC1)N/N=C/C1C=CC=C1. The highest BCUT2D eigenvalue weighted by Gasteiger charge is 2.19. The number of allylic oxidation sites excluding steroid dienone is 4. The smallest absolute Gasteiger partial charge is 0.241 e. The first-order valence-corrected chi connectivity index (χ1v) is 10.3. The Bertz CT molecular complexity index is 951. The van der Waals surface area contributed by atoms with E-state index in [4.69, 9.17) is 11.6 Å². The number of nitrogens with zero attached hydrogens (tertiary/aromatic N) is 4. The average molecular weight is 410 g/mol. The largest absolute Gasteiger partial charge is 0.368 e. The van der Waals surface area contributed by atoms with Crippen LogP contribution in [0.4, 0.5) is 5.69 Å². The average Bonchev–Trinajstić information content (AvgIpc) is 3.25. The third kappa shape index (κ3) is 5.02. The van der Waals surface area contributed by atoms with Gasteiger partial charge in [0, 0.05) is 73.6 Å². The molecule has 1 amide bonds. The van der Waals surface area contributed by atoms with Gasteiger partial charge in [0.1, 0.15) is 0 Å². The van der Waals surface area contributed by atoms with Crippen LogP contribution in [0, 0.1) is 5.92 Å². The van der Waals surface area contributed by atoms with E-state index in [0.717, 1.165) is 43.6 Å². The van der Waals surface area contributed by atoms with Crippen molar-refractivity contribution in [1.82, 2.24) is 15.3 Å². The molecular weight excluding hydrogens is 386 g/mol. The molecule has 1 saturated heterocycles. The van der Waals surface area contributed by atoms with Crippen LogP contribution in [-0.2, 0) is 4.79 Å². The number of halogens is 1. The first kappa shape index (κ1) is 19.6. The number of pyridine rings is 1. The van der Waals surface area contributed by atoms with Gasteiger partial charge in [-0.05, 0) is 24.3 Å². The van der Waals surface area contributed by atoms with Crippen molar-refractivity contribution in [3.8, 4) is 0 Å². The van der Waals surface area contributed by atoms with E-state index in [1.807, 2.05) is 48.7 Å². The van der Waals surface area contributed by atoms with Crippen LogP contribution in [0.25, 0.3) is 10.9 Å². The monoisotopic (exact) mass is 409 g/mol. The van der Waals surface area contributed by atoms with Crippen LogP contribution < -0.4 is 10.3 Å². The van der Waals surface area contributed by atoms with Crippen molar-refractivity contribution < 1.29 is 4.79 Å². The van der Waals surface area contributed by atoms with Crippen LogP contribution in [0.2, 0.25) is 5.02 Å². The van der Waals surface area contributed by atoms with E-state index in [1.54, 1.807) is 6.21 Å². The molecule has 0 spiro atoms. The highest BCUT2D eigenvalue weighted by atomic mass is 35.5. The summed E-state index contributed by atoms with van der Waals surface area (Å²) in [7, 11) is 0. The lowest BCUT2D eigenvalue weighted by Crippen LogP contribution is -2.47. The predicted molar refractivity (Wildman–Crippen MR) is 118 cm³/mol. The fraction of sp³-hybridized carbons (Fsp3) is 0.318. The van der Waals surface area contributed by atoms with Crippen LogP contribution in [0.15, 0.2) is 59.9 Å². The van der Waals surface area contributed by atoms with E-state index in [-0.39, 0.29) is 11.8 Å². The van der Waals surface area contributed by atoms with Crippen molar-refractivity contribution in [3.05, 3.63) is 59.8 Å². The van der Waals surface area contributed by atoms with Crippen molar-refractivity contribution in [2.24, 2.45) is 11.0 Å². The molecule has 0 saturated carbocycles. The second-order valence-corrected chi connectivity index (χ2v) is 7.67. The molecule has 1 aliphatic heterocycles. The molecule has 1 fully saturated rings. The van der Waals surface area contributed by atoms with E-state index in [9.17, 15) is 4.79 Å². The topological polar surface area (TPSA) is 60.8 Å². The zero-order valence-electron chi connectivity index (χ0n) is 16.2. The van der Waals surface area contributed by atoms with Crippen LogP contribution in [0.1, 0.15) is 6.42 Å². The Morgan fingerprint density at radius 3 is 2.79 bits per heavy atom. The zero-order chi connectivity index (χ0) is 20.1. The summed E-state index contributed by atoms with van der Waals surface area (Å²) in [6.07, 6.45) is 12.0. The number of benzene rings is 1. The van der Waals surface area contributed by atoms with Gasteiger partial charge in [0.05, 0.1) is 5.52 Å². The molecule has 1 aromatic carbocycles. The molecule has 2 aromatic rings. The fourth-order valence-electron chi connectivity index (χ4n) is 3.65. The van der Waals surface area contributed by atoms with Crippen molar-refractivity contribution in [2.45, 2.75) is 6.42 Å². The molecule has 1 N–H and O–H groups in total. The number of amides is 1. The molecule has 6 nitrogen and oxygen atoms in total. The molecule has 2 heterocycles. The number of hydrazone groups is 1. The molecular formula is C22H24ClN5O. The number of aromatic nitrogens is 1. The number of carbonyl (C=O) groups excluding carboxylic acids is 1. The van der Waals surface area contributed by atoms with Gasteiger partial charge in [-0.1, -0.05) is 35.9 Å². The number of anilines is 1. The maximum Gasteiger partial charge on any atom is 0.241 e. The summed E-state index contributed by atoms with van der Waals surface area (Å²) < 4.78 is 0. The summed E-state index contributed by atoms with van der Waals surface area (Å²) in [6.45, 7) is 4.42. The molecule has 0 bridgehead atoms. The van der Waals surface area contributed by atoms with Crippen molar-refractivity contribution >= 4 is 40.3 Å². The molecule has 1 aliphatic carbocycles. The third-order valence-electron chi connectivity index (χ3n) is 5.26. The quantitative estimate of drug-likeness (QED) is 0.587. The van der Waals surface area contributed by atoms with E-state index in [1.165, 1.54) is 5.69 Å². The number of hydrogen-bond donors (Lipinski definition) is 1. The summed E-state index contributed by atoms with van der Waals surface area (Å²) in [5.74, 6) is 0.135. The molecule has 29 heavy (non-hydrogen) atoms. The Kier molecular flexibility index (Phi) is 6.22. The minimum absolute atomic E-state index is 0.0494. The Balaban J connectivity index is 1.25. The summed E-state index contributed by atoms with van der Waals surface area (Å²) in [5.41, 5.74) is 4.72. The van der Waals surface area contributed by atoms with Crippen LogP contribution >= 0.6 is 11.6 Å². The van der Waals surface area contributed by atoms with Gasteiger partial charge in [0.15, 0.2) is 0 Å². The van der Waals surface area contributed by atoms with Gasteiger partial charge in [0.25, 0.3) is 0 Å². The zero-order valence-corrected chi connectivity index (χ0v) is 16.9. The summed E-state index contributed by atoms with van der Waals surface area (Å²) in [4.78, 5) is 21.1. The highest BCUT2D eigenvalue weighted by Crippen LogP contribution is 2.28. The molecule has 1 aromatic heterocycles. The second kappa shape index (κ2) is 9.20. The molecule has 4 rings (SSSR count). The summed E-state index contributed by atoms with van der Waals surface area (Å²) >= 11 is 6.09. The highest BCUT2D eigenvalue weighted by molar-refractivity contribution is 6.31. The maximum absolute atomic E-state index is 12.0. The lowest BCUT2D eigenvalue weighted by atomic mass is 10.1. The lowest BCUT2D eigenvalue weighted by Gasteiger charge is -2.36. The molecule has 0 radical (unpaired) electrons. The molecule has 150 valence electrons. The van der Waals surface area contributed by atoms with Crippen LogP contribution in [0.3, 0.4) is 0 Å². The number of fused-ring (bicyclic) bond motifs is 1. The van der Waals surface area contributed by atoms with Gasteiger partial charge in [0.2, 0.25) is 5.91 Å². The van der Waals surface area contributed by atoms with E-state index >= 15 is 0 Å². The molecule has 7 heteroatoms. The standard InChI is InChI=1S/C22H24ClN5O/c23-18-5-6-19-20(15-18)24-9-7-21(19)28-13-11-27(12-14-28)10-8-22(29)26-25-16-17-3-1-2-4-17/h1-7,9,15-17H,8,10-14H2,(H,26,29)/b25-16+. The normalized spacial score (nSPS) is 17.6. The number of carbonyl (C=O) groups is 1. The van der Waals surface area contributed by atoms with Gasteiger partial charge in [-0.2, -0.15) is 5.10 Å². The minimum atomic E-state index is -0.0494. The first-order valence-electron chi connectivity index (χ1n) is 9.88. The Hall–Kier alpha value is -2.70. The second-order valence-electron chi connectivity index (χ2n) is 7.23. The van der Waals surface area contributed by atoms with Gasteiger partial charge in [-0.25, -0.2) is 5.43 Å². The third-order valence-corrected chi connectivity index (χ3v) is 5.50. The number of piperazine rings is 1. The van der Waals surface area contributed by atoms with Crippen molar-refractivity contribution in [1.29, 1.82) is 0 Å².